The van der Waals surface area contributed by atoms with Gasteiger partial charge in [0.15, 0.2) is 13.2 Å². The molecule has 0 unspecified atom stereocenters. The smallest absolute Gasteiger partial charge is 0.344 e. The van der Waals surface area contributed by atoms with E-state index in [0.717, 1.165) is 31.2 Å². The molecule has 3 amide bonds. The van der Waals surface area contributed by atoms with Crippen LogP contribution in [0.2, 0.25) is 0 Å². The van der Waals surface area contributed by atoms with E-state index in [4.69, 9.17) is 9.47 Å². The van der Waals surface area contributed by atoms with Crippen molar-refractivity contribution in [3.05, 3.63) is 29.3 Å². The van der Waals surface area contributed by atoms with Crippen LogP contribution in [0.3, 0.4) is 0 Å². The van der Waals surface area contributed by atoms with Gasteiger partial charge in [-0.15, -0.1) is 0 Å². The molecule has 1 aromatic carbocycles. The van der Waals surface area contributed by atoms with E-state index >= 15 is 0 Å². The van der Waals surface area contributed by atoms with Crippen LogP contribution in [-0.2, 0) is 14.3 Å². The lowest BCUT2D eigenvalue weighted by Gasteiger charge is -2.22. The number of urea groups is 1. The molecule has 2 N–H and O–H groups in total. The Kier molecular flexibility index (Phi) is 8.29. The lowest BCUT2D eigenvalue weighted by Crippen LogP contribution is -2.46. The number of rotatable bonds is 7. The maximum absolute atomic E-state index is 11.8. The van der Waals surface area contributed by atoms with Crippen LogP contribution in [0.5, 0.6) is 5.75 Å². The Morgan fingerprint density at radius 3 is 2.46 bits per heavy atom. The molecule has 1 fully saturated rings. The monoisotopic (exact) mass is 390 g/mol. The number of carbonyl (C=O) groups is 3. The molecule has 7 heteroatoms. The van der Waals surface area contributed by atoms with Gasteiger partial charge in [0.25, 0.3) is 5.91 Å². The van der Waals surface area contributed by atoms with Crippen molar-refractivity contribution in [2.45, 2.75) is 64.8 Å². The quantitative estimate of drug-likeness (QED) is 0.698. The summed E-state index contributed by atoms with van der Waals surface area (Å²) in [6, 6.07) is 5.19. The van der Waals surface area contributed by atoms with Crippen LogP contribution in [0, 0.1) is 6.92 Å². The van der Waals surface area contributed by atoms with E-state index in [1.54, 1.807) is 6.07 Å². The highest BCUT2D eigenvalue weighted by Gasteiger charge is 2.17. The van der Waals surface area contributed by atoms with Crippen molar-refractivity contribution in [2.75, 3.05) is 13.2 Å². The van der Waals surface area contributed by atoms with E-state index in [1.807, 2.05) is 19.1 Å². The molecule has 0 aromatic heterocycles. The van der Waals surface area contributed by atoms with Crippen molar-refractivity contribution in [3.8, 4) is 5.75 Å². The average Bonchev–Trinajstić information content (AvgIpc) is 2.65. The zero-order valence-electron chi connectivity index (χ0n) is 16.9. The molecule has 0 atom stereocenters. The Labute approximate surface area is 166 Å². The van der Waals surface area contributed by atoms with Crippen molar-refractivity contribution >= 4 is 17.9 Å². The van der Waals surface area contributed by atoms with E-state index < -0.39 is 24.5 Å². The second kappa shape index (κ2) is 10.7. The first-order chi connectivity index (χ1) is 13.3. The van der Waals surface area contributed by atoms with Crippen molar-refractivity contribution in [3.63, 3.8) is 0 Å². The zero-order chi connectivity index (χ0) is 20.5. The van der Waals surface area contributed by atoms with Gasteiger partial charge in [-0.3, -0.25) is 10.1 Å². The molecule has 0 radical (unpaired) electrons. The highest BCUT2D eigenvalue weighted by atomic mass is 16.6. The normalized spacial score (nSPS) is 14.4. The SMILES string of the molecule is Cc1cc(OCC(=O)OCC(=O)NC(=O)NC2CCCCC2)ccc1C(C)C. The molecule has 0 saturated heterocycles. The minimum absolute atomic E-state index is 0.100. The molecular formula is C21H30N2O5. The fourth-order valence-electron chi connectivity index (χ4n) is 3.35. The van der Waals surface area contributed by atoms with Crippen LogP contribution >= 0.6 is 0 Å². The van der Waals surface area contributed by atoms with Gasteiger partial charge in [-0.1, -0.05) is 39.2 Å². The Bertz CT molecular complexity index is 696. The van der Waals surface area contributed by atoms with Crippen molar-refractivity contribution in [1.82, 2.24) is 10.6 Å². The second-order valence-electron chi connectivity index (χ2n) is 7.48. The van der Waals surface area contributed by atoms with Crippen molar-refractivity contribution < 1.29 is 23.9 Å². The Morgan fingerprint density at radius 1 is 1.11 bits per heavy atom. The minimum Gasteiger partial charge on any atom is -0.482 e. The number of esters is 1. The van der Waals surface area contributed by atoms with Gasteiger partial charge in [0.2, 0.25) is 0 Å². The largest absolute Gasteiger partial charge is 0.482 e. The van der Waals surface area contributed by atoms with Gasteiger partial charge in [-0.05, 0) is 48.9 Å². The number of ether oxygens (including phenoxy) is 2. The van der Waals surface area contributed by atoms with Gasteiger partial charge in [-0.25, -0.2) is 9.59 Å². The topological polar surface area (TPSA) is 93.7 Å². The number of carbonyl (C=O) groups excluding carboxylic acids is 3. The average molecular weight is 390 g/mol. The summed E-state index contributed by atoms with van der Waals surface area (Å²) in [7, 11) is 0. The summed E-state index contributed by atoms with van der Waals surface area (Å²) in [4.78, 5) is 35.3. The van der Waals surface area contributed by atoms with Crippen molar-refractivity contribution in [2.24, 2.45) is 0 Å². The van der Waals surface area contributed by atoms with Gasteiger partial charge in [-0.2, -0.15) is 0 Å². The van der Waals surface area contributed by atoms with Crippen LogP contribution in [0.15, 0.2) is 18.2 Å². The number of hydrogen-bond acceptors (Lipinski definition) is 5. The number of nitrogens with one attached hydrogen (secondary N) is 2. The fourth-order valence-corrected chi connectivity index (χ4v) is 3.35. The van der Waals surface area contributed by atoms with E-state index in [9.17, 15) is 14.4 Å². The Morgan fingerprint density at radius 2 is 1.82 bits per heavy atom. The van der Waals surface area contributed by atoms with E-state index in [1.165, 1.54) is 12.0 Å². The van der Waals surface area contributed by atoms with Crippen molar-refractivity contribution in [1.29, 1.82) is 0 Å². The fraction of sp³-hybridized carbons (Fsp3) is 0.571. The van der Waals surface area contributed by atoms with Crippen LogP contribution in [0.4, 0.5) is 4.79 Å². The number of benzene rings is 1. The summed E-state index contributed by atoms with van der Waals surface area (Å²) in [5, 5.41) is 4.94. The van der Waals surface area contributed by atoms with Crippen LogP contribution in [0.1, 0.15) is 63.0 Å². The molecule has 7 nitrogen and oxygen atoms in total. The maximum Gasteiger partial charge on any atom is 0.344 e. The third-order valence-corrected chi connectivity index (χ3v) is 4.78. The predicted molar refractivity (Wildman–Crippen MR) is 105 cm³/mol. The highest BCUT2D eigenvalue weighted by molar-refractivity contribution is 5.95. The zero-order valence-corrected chi connectivity index (χ0v) is 16.9. The summed E-state index contributed by atoms with van der Waals surface area (Å²) < 4.78 is 10.3. The van der Waals surface area contributed by atoms with Crippen LogP contribution < -0.4 is 15.4 Å². The first-order valence-electron chi connectivity index (χ1n) is 9.84. The lowest BCUT2D eigenvalue weighted by molar-refractivity contribution is -0.150. The third kappa shape index (κ3) is 7.21. The third-order valence-electron chi connectivity index (χ3n) is 4.78. The summed E-state index contributed by atoms with van der Waals surface area (Å²) >= 11 is 0. The van der Waals surface area contributed by atoms with Gasteiger partial charge < -0.3 is 14.8 Å². The predicted octanol–water partition coefficient (Wildman–Crippen LogP) is 3.20. The van der Waals surface area contributed by atoms with E-state index in [2.05, 4.69) is 24.5 Å². The standard InChI is InChI=1S/C21H30N2O5/c1-14(2)18-10-9-17(11-15(18)3)27-13-20(25)28-12-19(24)23-21(26)22-16-7-5-4-6-8-16/h9-11,14,16H,4-8,12-13H2,1-3H3,(H2,22,23,24,26). The molecule has 1 saturated carbocycles. The van der Waals surface area contributed by atoms with Gasteiger partial charge in [0.05, 0.1) is 0 Å². The molecule has 0 bridgehead atoms. The van der Waals surface area contributed by atoms with E-state index in [-0.39, 0.29) is 12.6 Å². The molecule has 28 heavy (non-hydrogen) atoms. The first kappa shape index (κ1) is 21.7. The maximum atomic E-state index is 11.8. The second-order valence-corrected chi connectivity index (χ2v) is 7.48. The molecule has 0 spiro atoms. The van der Waals surface area contributed by atoms with Gasteiger partial charge in [0.1, 0.15) is 5.75 Å². The number of amides is 3. The molecule has 0 heterocycles. The minimum atomic E-state index is -0.673. The summed E-state index contributed by atoms with van der Waals surface area (Å²) in [6.45, 7) is 5.39. The summed E-state index contributed by atoms with van der Waals surface area (Å²) in [6.07, 6.45) is 5.18. The number of aryl methyl sites for hydroxylation is 1. The molecule has 1 aliphatic carbocycles. The molecule has 154 valence electrons. The number of imide groups is 1. The molecule has 0 aliphatic heterocycles. The summed E-state index contributed by atoms with van der Waals surface area (Å²) in [5.41, 5.74) is 2.31. The molecule has 1 aromatic rings. The number of hydrogen-bond donors (Lipinski definition) is 2. The van der Waals surface area contributed by atoms with Crippen LogP contribution in [-0.4, -0.2) is 37.2 Å². The highest BCUT2D eigenvalue weighted by Crippen LogP contribution is 2.23. The molecular weight excluding hydrogens is 360 g/mol. The van der Waals surface area contributed by atoms with Crippen LogP contribution in [0.25, 0.3) is 0 Å². The van der Waals surface area contributed by atoms with Gasteiger partial charge >= 0.3 is 12.0 Å². The van der Waals surface area contributed by atoms with E-state index in [0.29, 0.717) is 11.7 Å². The summed E-state index contributed by atoms with van der Waals surface area (Å²) in [5.74, 6) is -0.366. The molecule has 2 rings (SSSR count). The lowest BCUT2D eigenvalue weighted by atomic mass is 9.96. The van der Waals surface area contributed by atoms with Gasteiger partial charge in [0, 0.05) is 6.04 Å². The Balaban J connectivity index is 1.66. The molecule has 1 aliphatic rings. The Hall–Kier alpha value is -2.57. The first-order valence-corrected chi connectivity index (χ1v) is 9.84.